The summed E-state index contributed by atoms with van der Waals surface area (Å²) in [6.45, 7) is -1.39. The van der Waals surface area contributed by atoms with Gasteiger partial charge >= 0.3 is 33.5 Å². The highest BCUT2D eigenvalue weighted by Crippen LogP contribution is 2.48. The molecule has 2 aliphatic rings. The summed E-state index contributed by atoms with van der Waals surface area (Å²) in [4.78, 5) is 23.2. The Balaban J connectivity index is 1.96. The Kier molecular flexibility index (Phi) is 5.53. The molecule has 0 aromatic heterocycles. The van der Waals surface area contributed by atoms with Crippen LogP contribution in [0.5, 0.6) is 0 Å². The van der Waals surface area contributed by atoms with E-state index in [1.807, 2.05) is 0 Å². The molecule has 2 rings (SSSR count). The Bertz CT molecular complexity index is 675. The average molecular weight is 410 g/mol. The van der Waals surface area contributed by atoms with E-state index in [0.717, 1.165) is 19.3 Å². The van der Waals surface area contributed by atoms with Crippen LogP contribution < -0.4 is 0 Å². The maximum absolute atomic E-state index is 13.3. The van der Waals surface area contributed by atoms with E-state index < -0.39 is 52.1 Å². The summed E-state index contributed by atoms with van der Waals surface area (Å²) >= 11 is 0. The van der Waals surface area contributed by atoms with Gasteiger partial charge in [0.1, 0.15) is 0 Å². The lowest BCUT2D eigenvalue weighted by Crippen LogP contribution is -2.52. The van der Waals surface area contributed by atoms with Crippen molar-refractivity contribution in [3.63, 3.8) is 0 Å². The van der Waals surface area contributed by atoms with Gasteiger partial charge in [-0.1, -0.05) is 6.42 Å². The molecule has 150 valence electrons. The molecule has 13 heteroatoms. The maximum atomic E-state index is 13.3. The van der Waals surface area contributed by atoms with Crippen molar-refractivity contribution in [1.82, 2.24) is 0 Å². The van der Waals surface area contributed by atoms with Crippen molar-refractivity contribution in [1.29, 1.82) is 0 Å². The number of fused-ring (bicyclic) bond motifs is 2. The van der Waals surface area contributed by atoms with E-state index in [1.54, 1.807) is 0 Å². The van der Waals surface area contributed by atoms with E-state index in [4.69, 9.17) is 4.55 Å². The molecule has 0 amide bonds. The average Bonchev–Trinajstić information content (AvgIpc) is 3.10. The summed E-state index contributed by atoms with van der Waals surface area (Å²) in [5, 5.41) is -5.82. The van der Waals surface area contributed by atoms with E-state index in [0.29, 0.717) is 12.3 Å². The van der Waals surface area contributed by atoms with Gasteiger partial charge < -0.3 is 9.47 Å². The monoisotopic (exact) mass is 410 g/mol. The zero-order chi connectivity index (χ0) is 19.9. The van der Waals surface area contributed by atoms with Crippen LogP contribution in [0, 0.1) is 17.8 Å². The summed E-state index contributed by atoms with van der Waals surface area (Å²) in [5.74, 6) is -2.99. The first-order valence-electron chi connectivity index (χ1n) is 7.51. The van der Waals surface area contributed by atoms with Gasteiger partial charge in [0.2, 0.25) is 0 Å². The minimum absolute atomic E-state index is 0.0512. The third-order valence-corrected chi connectivity index (χ3v) is 5.47. The van der Waals surface area contributed by atoms with Crippen molar-refractivity contribution in [2.75, 3.05) is 6.61 Å². The van der Waals surface area contributed by atoms with Gasteiger partial charge in [0.05, 0.1) is 5.92 Å². The van der Waals surface area contributed by atoms with Gasteiger partial charge in [-0.2, -0.15) is 30.4 Å². The second-order valence-corrected chi connectivity index (χ2v) is 7.83. The molecule has 2 aliphatic carbocycles. The van der Waals surface area contributed by atoms with E-state index in [9.17, 15) is 40.0 Å². The molecule has 0 radical (unpaired) electrons. The van der Waals surface area contributed by atoms with Gasteiger partial charge in [-0.3, -0.25) is 9.35 Å². The molecule has 2 saturated carbocycles. The minimum Gasteiger partial charge on any atom is -0.453 e. The van der Waals surface area contributed by atoms with Gasteiger partial charge in [-0.15, -0.1) is 0 Å². The highest BCUT2D eigenvalue weighted by atomic mass is 32.2. The van der Waals surface area contributed by atoms with E-state index in [1.165, 1.54) is 0 Å². The molecule has 26 heavy (non-hydrogen) atoms. The first kappa shape index (κ1) is 20.8. The van der Waals surface area contributed by atoms with Crippen LogP contribution in [0.15, 0.2) is 0 Å². The first-order chi connectivity index (χ1) is 11.7. The number of carbonyl (C=O) groups is 2. The second-order valence-electron chi connectivity index (χ2n) is 6.34. The first-order valence-corrected chi connectivity index (χ1v) is 8.95. The maximum Gasteiger partial charge on any atom is 0.432 e. The van der Waals surface area contributed by atoms with Crippen LogP contribution in [0.2, 0.25) is 0 Å². The number of carbonyl (C=O) groups excluding carboxylic acids is 2. The molecule has 0 spiro atoms. The van der Waals surface area contributed by atoms with Crippen molar-refractivity contribution in [3.05, 3.63) is 0 Å². The number of rotatable bonds is 6. The molecule has 7 nitrogen and oxygen atoms in total. The van der Waals surface area contributed by atoms with E-state index in [-0.39, 0.29) is 5.92 Å². The third kappa shape index (κ3) is 4.24. The number of hydrogen-bond acceptors (Lipinski definition) is 6. The smallest absolute Gasteiger partial charge is 0.432 e. The van der Waals surface area contributed by atoms with Crippen LogP contribution in [0.25, 0.3) is 0 Å². The number of ether oxygens (including phenoxy) is 2. The Labute approximate surface area is 144 Å². The molecule has 0 aliphatic heterocycles. The zero-order valence-electron chi connectivity index (χ0n) is 13.0. The highest BCUT2D eigenvalue weighted by Gasteiger charge is 2.66. The predicted octanol–water partition coefficient (Wildman–Crippen LogP) is 1.92. The lowest BCUT2D eigenvalue weighted by molar-refractivity contribution is -0.260. The van der Waals surface area contributed by atoms with Crippen molar-refractivity contribution in [3.8, 4) is 0 Å². The van der Waals surface area contributed by atoms with Crippen LogP contribution >= 0.6 is 0 Å². The number of alkyl halides is 5. The van der Waals surface area contributed by atoms with Gasteiger partial charge in [0, 0.05) is 0 Å². The number of halogens is 5. The van der Waals surface area contributed by atoms with Crippen molar-refractivity contribution in [2.24, 2.45) is 17.8 Å². The predicted molar refractivity (Wildman–Crippen MR) is 72.3 cm³/mol. The fourth-order valence-corrected chi connectivity index (χ4v) is 3.85. The lowest BCUT2D eigenvalue weighted by atomic mass is 9.89. The van der Waals surface area contributed by atoms with E-state index >= 15 is 0 Å². The Morgan fingerprint density at radius 3 is 2.15 bits per heavy atom. The third-order valence-electron chi connectivity index (χ3n) is 4.57. The highest BCUT2D eigenvalue weighted by molar-refractivity contribution is 7.86. The Morgan fingerprint density at radius 1 is 1.12 bits per heavy atom. The van der Waals surface area contributed by atoms with Crippen LogP contribution in [0.4, 0.5) is 22.0 Å². The molecule has 4 unspecified atom stereocenters. The van der Waals surface area contributed by atoms with Crippen LogP contribution in [0.1, 0.15) is 25.7 Å². The standard InChI is InChI=1S/C13H15F5O7S/c14-12(15,16)11(13(17,18)26(21,22)23)25-9(19)5-24-10(20)8-4-6-1-2-7(8)3-6/h6-8,11H,1-5H2,(H,21,22,23). The molecule has 4 atom stereocenters. The fourth-order valence-electron chi connectivity index (χ4n) is 3.40. The van der Waals surface area contributed by atoms with Gasteiger partial charge in [0.15, 0.2) is 6.61 Å². The molecule has 1 N–H and O–H groups in total. The molecule has 2 fully saturated rings. The van der Waals surface area contributed by atoms with Gasteiger partial charge in [0.25, 0.3) is 6.10 Å². The van der Waals surface area contributed by atoms with Crippen molar-refractivity contribution >= 4 is 22.1 Å². The zero-order valence-corrected chi connectivity index (χ0v) is 13.9. The van der Waals surface area contributed by atoms with Crippen molar-refractivity contribution < 1.29 is 54.0 Å². The molecule has 0 aromatic carbocycles. The molecular weight excluding hydrogens is 395 g/mol. The van der Waals surface area contributed by atoms with Crippen LogP contribution in [0.3, 0.4) is 0 Å². The number of hydrogen-bond donors (Lipinski definition) is 1. The summed E-state index contributed by atoms with van der Waals surface area (Å²) in [6, 6.07) is 0. The Morgan fingerprint density at radius 2 is 1.73 bits per heavy atom. The molecule has 0 heterocycles. The normalized spacial score (nSPS) is 27.2. The summed E-state index contributed by atoms with van der Waals surface area (Å²) in [6.07, 6.45) is -7.38. The topological polar surface area (TPSA) is 107 Å². The summed E-state index contributed by atoms with van der Waals surface area (Å²) in [5.41, 5.74) is 0. The van der Waals surface area contributed by atoms with Gasteiger partial charge in [-0.25, -0.2) is 4.79 Å². The molecule has 2 bridgehead atoms. The Hall–Kier alpha value is -1.50. The lowest BCUT2D eigenvalue weighted by Gasteiger charge is -2.26. The second kappa shape index (κ2) is 6.91. The molecule has 0 saturated heterocycles. The summed E-state index contributed by atoms with van der Waals surface area (Å²) in [7, 11) is -6.52. The van der Waals surface area contributed by atoms with Crippen LogP contribution in [-0.2, 0) is 29.2 Å². The van der Waals surface area contributed by atoms with Crippen molar-refractivity contribution in [2.45, 2.75) is 43.2 Å². The molecule has 0 aromatic rings. The van der Waals surface area contributed by atoms with Gasteiger partial charge in [-0.05, 0) is 31.1 Å². The number of esters is 2. The van der Waals surface area contributed by atoms with E-state index in [2.05, 4.69) is 9.47 Å². The quantitative estimate of drug-likeness (QED) is 0.405. The summed E-state index contributed by atoms with van der Waals surface area (Å²) < 4.78 is 102. The largest absolute Gasteiger partial charge is 0.453 e. The minimum atomic E-state index is -6.52. The molecular formula is C13H15F5O7S. The fraction of sp³-hybridized carbons (Fsp3) is 0.846. The van der Waals surface area contributed by atoms with Crippen LogP contribution in [-0.4, -0.2) is 49.1 Å². The SMILES string of the molecule is O=C(COC(=O)C1CC2CCC1C2)OC(C(F)(F)F)C(F)(F)S(=O)(=O)O.